The van der Waals surface area contributed by atoms with Gasteiger partial charge in [0.15, 0.2) is 0 Å². The quantitative estimate of drug-likeness (QED) is 0.116. The summed E-state index contributed by atoms with van der Waals surface area (Å²) < 4.78 is 5.30. The molecule has 1 unspecified atom stereocenters. The van der Waals surface area contributed by atoms with Crippen molar-refractivity contribution in [2.45, 2.75) is 70.3 Å². The molecule has 1 atom stereocenters. The van der Waals surface area contributed by atoms with Gasteiger partial charge in [-0.1, -0.05) is 80.6 Å². The Kier molecular flexibility index (Phi) is 14.6. The lowest BCUT2D eigenvalue weighted by Crippen LogP contribution is -2.44. The first-order chi connectivity index (χ1) is 20.4. The molecule has 3 aromatic rings. The molecule has 2 heterocycles. The maximum Gasteiger partial charge on any atom is 0.260 e. The predicted molar refractivity (Wildman–Crippen MR) is 169 cm³/mol. The van der Waals surface area contributed by atoms with Gasteiger partial charge in [0, 0.05) is 30.2 Å². The van der Waals surface area contributed by atoms with Gasteiger partial charge in [-0.2, -0.15) is 0 Å². The van der Waals surface area contributed by atoms with Crippen molar-refractivity contribution in [2.24, 2.45) is 5.73 Å². The van der Waals surface area contributed by atoms with Crippen LogP contribution in [0, 0.1) is 0 Å². The van der Waals surface area contributed by atoms with Gasteiger partial charge in [0.25, 0.3) is 5.91 Å². The number of amides is 2. The molecule has 0 spiro atoms. The molecule has 0 fully saturated rings. The Bertz CT molecular complexity index is 1220. The molecule has 3 N–H and O–H groups in total. The average Bonchev–Trinajstić information content (AvgIpc) is 3.01. The number of unbranched alkanes of at least 4 members (excludes halogenated alkanes) is 9. The molecular weight excluding hydrogens is 573 g/mol. The van der Waals surface area contributed by atoms with Crippen LogP contribution in [0.4, 0.5) is 5.69 Å². The minimum absolute atomic E-state index is 0.265. The first kappa shape index (κ1) is 33.3. The highest BCUT2D eigenvalue weighted by Crippen LogP contribution is 2.31. The first-order valence-electron chi connectivity index (χ1n) is 14.6. The molecule has 3 rings (SSSR count). The summed E-state index contributed by atoms with van der Waals surface area (Å²) in [5.74, 6) is -0.106. The van der Waals surface area contributed by atoms with E-state index in [2.05, 4.69) is 15.3 Å². The van der Waals surface area contributed by atoms with E-state index in [9.17, 15) is 9.59 Å². The lowest BCUT2D eigenvalue weighted by atomic mass is 10.0. The maximum absolute atomic E-state index is 14.0. The first-order valence-corrected chi connectivity index (χ1v) is 15.4. The van der Waals surface area contributed by atoms with E-state index in [1.165, 1.54) is 55.8 Å². The zero-order valence-electron chi connectivity index (χ0n) is 24.2. The molecule has 8 nitrogen and oxygen atoms in total. The normalized spacial score (nSPS) is 11.6. The van der Waals surface area contributed by atoms with Gasteiger partial charge in [-0.3, -0.25) is 14.5 Å². The number of methoxy groups -OCH3 is 1. The van der Waals surface area contributed by atoms with Gasteiger partial charge in [-0.05, 0) is 61.9 Å². The number of benzene rings is 1. The number of pyridine rings is 2. The standard InChI is InChI=1S/C32H41Cl2N5O3/c1-42-27-16-14-26(15-17-27)39(32(41)25-13-19-29(34)38-23-25)30(24-12-18-28(33)37-22-24)31(40)36-21-11-9-7-5-3-2-4-6-8-10-20-35/h12-19,22-23,30H,2-11,20-21,35H2,1H3,(H,36,40). The summed E-state index contributed by atoms with van der Waals surface area (Å²) in [6.45, 7) is 1.28. The lowest BCUT2D eigenvalue weighted by molar-refractivity contribution is -0.122. The Morgan fingerprint density at radius 2 is 1.38 bits per heavy atom. The number of ether oxygens (including phenoxy) is 1. The van der Waals surface area contributed by atoms with Gasteiger partial charge in [0.1, 0.15) is 22.1 Å². The third-order valence-corrected chi connectivity index (χ3v) is 7.49. The van der Waals surface area contributed by atoms with Crippen molar-refractivity contribution in [1.82, 2.24) is 15.3 Å². The molecule has 0 aliphatic carbocycles. The van der Waals surface area contributed by atoms with E-state index < -0.39 is 11.9 Å². The fourth-order valence-electron chi connectivity index (χ4n) is 4.73. The summed E-state index contributed by atoms with van der Waals surface area (Å²) in [4.78, 5) is 37.5. The van der Waals surface area contributed by atoms with Gasteiger partial charge in [-0.25, -0.2) is 9.97 Å². The van der Waals surface area contributed by atoms with E-state index >= 15 is 0 Å². The second-order valence-electron chi connectivity index (χ2n) is 10.2. The van der Waals surface area contributed by atoms with Gasteiger partial charge in [0.05, 0.1) is 12.7 Å². The molecule has 2 aromatic heterocycles. The van der Waals surface area contributed by atoms with E-state index in [1.54, 1.807) is 55.6 Å². The van der Waals surface area contributed by atoms with Crippen LogP contribution in [0.2, 0.25) is 10.3 Å². The van der Waals surface area contributed by atoms with Crippen molar-refractivity contribution in [3.63, 3.8) is 0 Å². The van der Waals surface area contributed by atoms with E-state index in [-0.39, 0.29) is 21.8 Å². The van der Waals surface area contributed by atoms with E-state index in [4.69, 9.17) is 33.7 Å². The van der Waals surface area contributed by atoms with Crippen LogP contribution in [0.15, 0.2) is 60.9 Å². The number of halogens is 2. The van der Waals surface area contributed by atoms with E-state index in [0.29, 0.717) is 23.5 Å². The van der Waals surface area contributed by atoms with Crippen LogP contribution in [-0.4, -0.2) is 42.0 Å². The van der Waals surface area contributed by atoms with Gasteiger partial charge >= 0.3 is 0 Å². The van der Waals surface area contributed by atoms with Crippen molar-refractivity contribution < 1.29 is 14.3 Å². The molecule has 0 bridgehead atoms. The lowest BCUT2D eigenvalue weighted by Gasteiger charge is -2.31. The van der Waals surface area contributed by atoms with Crippen LogP contribution >= 0.6 is 23.2 Å². The second-order valence-corrected chi connectivity index (χ2v) is 10.9. The van der Waals surface area contributed by atoms with Crippen LogP contribution < -0.4 is 20.7 Å². The third-order valence-electron chi connectivity index (χ3n) is 7.05. The number of carbonyl (C=O) groups is 2. The van der Waals surface area contributed by atoms with Gasteiger partial charge in [0.2, 0.25) is 5.91 Å². The minimum Gasteiger partial charge on any atom is -0.497 e. The molecule has 0 saturated carbocycles. The number of rotatable bonds is 18. The van der Waals surface area contributed by atoms with Crippen molar-refractivity contribution in [3.8, 4) is 5.75 Å². The van der Waals surface area contributed by atoms with E-state index in [1.807, 2.05) is 0 Å². The molecule has 1 aromatic carbocycles. The number of nitrogens with two attached hydrogens (primary N) is 1. The van der Waals surface area contributed by atoms with Crippen LogP contribution in [0.1, 0.15) is 86.2 Å². The topological polar surface area (TPSA) is 110 Å². The highest BCUT2D eigenvalue weighted by Gasteiger charge is 2.34. The zero-order chi connectivity index (χ0) is 30.2. The smallest absolute Gasteiger partial charge is 0.260 e. The molecule has 10 heteroatoms. The Labute approximate surface area is 259 Å². The number of hydrogen-bond acceptors (Lipinski definition) is 6. The zero-order valence-corrected chi connectivity index (χ0v) is 25.7. The fourth-order valence-corrected chi connectivity index (χ4v) is 4.95. The summed E-state index contributed by atoms with van der Waals surface area (Å²) in [5, 5.41) is 3.60. The summed E-state index contributed by atoms with van der Waals surface area (Å²) in [6, 6.07) is 12.4. The van der Waals surface area contributed by atoms with Crippen molar-refractivity contribution in [3.05, 3.63) is 82.4 Å². The second kappa shape index (κ2) is 18.4. The Morgan fingerprint density at radius 3 is 1.90 bits per heavy atom. The Balaban J connectivity index is 1.71. The minimum atomic E-state index is -1.01. The van der Waals surface area contributed by atoms with Crippen LogP contribution in [0.5, 0.6) is 5.75 Å². The number of hydrogen-bond donors (Lipinski definition) is 2. The highest BCUT2D eigenvalue weighted by molar-refractivity contribution is 6.29. The molecule has 226 valence electrons. The number of carbonyl (C=O) groups excluding carboxylic acids is 2. The number of anilines is 1. The van der Waals surface area contributed by atoms with Crippen molar-refractivity contribution in [1.29, 1.82) is 0 Å². The third kappa shape index (κ3) is 10.6. The molecule has 0 saturated heterocycles. The number of nitrogens with zero attached hydrogens (tertiary/aromatic N) is 3. The molecule has 0 radical (unpaired) electrons. The largest absolute Gasteiger partial charge is 0.497 e. The molecule has 42 heavy (non-hydrogen) atoms. The molecule has 0 aliphatic rings. The van der Waals surface area contributed by atoms with Crippen LogP contribution in [0.3, 0.4) is 0 Å². The van der Waals surface area contributed by atoms with Crippen LogP contribution in [0.25, 0.3) is 0 Å². The summed E-state index contributed by atoms with van der Waals surface area (Å²) in [5.41, 5.74) is 6.87. The Hall–Kier alpha value is -3.20. The summed E-state index contributed by atoms with van der Waals surface area (Å²) >= 11 is 12.0. The highest BCUT2D eigenvalue weighted by atomic mass is 35.5. The van der Waals surface area contributed by atoms with Crippen molar-refractivity contribution >= 4 is 40.7 Å². The molecule has 2 amide bonds. The monoisotopic (exact) mass is 613 g/mol. The summed E-state index contributed by atoms with van der Waals surface area (Å²) in [6.07, 6.45) is 14.5. The van der Waals surface area contributed by atoms with E-state index in [0.717, 1.165) is 32.2 Å². The Morgan fingerprint density at radius 1 is 0.810 bits per heavy atom. The SMILES string of the molecule is COc1ccc(N(C(=O)c2ccc(Cl)nc2)C(C(=O)NCCCCCCCCCCCCN)c2ccc(Cl)nc2)cc1. The summed E-state index contributed by atoms with van der Waals surface area (Å²) in [7, 11) is 1.57. The predicted octanol–water partition coefficient (Wildman–Crippen LogP) is 7.16. The maximum atomic E-state index is 14.0. The number of aromatic nitrogens is 2. The van der Waals surface area contributed by atoms with Gasteiger partial charge < -0.3 is 15.8 Å². The van der Waals surface area contributed by atoms with Gasteiger partial charge in [-0.15, -0.1) is 0 Å². The van der Waals surface area contributed by atoms with Crippen molar-refractivity contribution in [2.75, 3.05) is 25.1 Å². The average molecular weight is 615 g/mol. The number of nitrogens with one attached hydrogen (secondary N) is 1. The van der Waals surface area contributed by atoms with Crippen LogP contribution in [-0.2, 0) is 4.79 Å². The molecule has 0 aliphatic heterocycles. The molecular formula is C32H41Cl2N5O3. The fraction of sp³-hybridized carbons (Fsp3) is 0.438.